The van der Waals surface area contributed by atoms with Gasteiger partial charge in [-0.2, -0.15) is 8.42 Å². The average molecular weight is 379 g/mol. The van der Waals surface area contributed by atoms with Gasteiger partial charge in [-0.1, -0.05) is 104 Å². The van der Waals surface area contributed by atoms with Gasteiger partial charge in [0.2, 0.25) is 0 Å². The first-order chi connectivity index (χ1) is 11.9. The highest BCUT2D eigenvalue weighted by atomic mass is 32.2. The number of unbranched alkanes of at least 4 members (excludes halogenated alkanes) is 12. The first-order valence-electron chi connectivity index (χ1n) is 10.6. The number of aliphatic hydroxyl groups is 1. The van der Waals surface area contributed by atoms with Crippen molar-refractivity contribution in [3.63, 3.8) is 0 Å². The van der Waals surface area contributed by atoms with Crippen LogP contribution >= 0.6 is 0 Å². The summed E-state index contributed by atoms with van der Waals surface area (Å²) in [5.74, 6) is 0. The molecule has 152 valence electrons. The smallest absolute Gasteiger partial charge is 0.270 e. The standard InChI is InChI=1S/C20H42O4S/c1-3-5-7-9-11-13-15-17-19(21)20(25(22,23)24)18-16-14-12-10-8-6-4-2/h19-21H,3-18H2,1-2H3,(H,22,23,24). The molecule has 0 rings (SSSR count). The van der Waals surface area contributed by atoms with Gasteiger partial charge in [0.05, 0.1) is 6.10 Å². The van der Waals surface area contributed by atoms with Gasteiger partial charge < -0.3 is 5.11 Å². The lowest BCUT2D eigenvalue weighted by Gasteiger charge is -2.20. The minimum absolute atomic E-state index is 0.365. The van der Waals surface area contributed by atoms with Gasteiger partial charge in [0.25, 0.3) is 10.1 Å². The Morgan fingerprint density at radius 2 is 1.00 bits per heavy atom. The molecular formula is C20H42O4S. The van der Waals surface area contributed by atoms with Gasteiger partial charge in [-0.25, -0.2) is 0 Å². The van der Waals surface area contributed by atoms with Crippen molar-refractivity contribution in [2.45, 2.75) is 128 Å². The van der Waals surface area contributed by atoms with E-state index in [1.165, 1.54) is 51.4 Å². The second-order valence-electron chi connectivity index (χ2n) is 7.44. The molecule has 0 fully saturated rings. The van der Waals surface area contributed by atoms with E-state index in [4.69, 9.17) is 0 Å². The zero-order chi connectivity index (χ0) is 19.0. The van der Waals surface area contributed by atoms with Crippen molar-refractivity contribution in [3.05, 3.63) is 0 Å². The predicted molar refractivity (Wildman–Crippen MR) is 107 cm³/mol. The minimum atomic E-state index is -4.17. The van der Waals surface area contributed by atoms with Gasteiger partial charge in [-0.3, -0.25) is 4.55 Å². The van der Waals surface area contributed by atoms with Crippen LogP contribution in [0, 0.1) is 0 Å². The summed E-state index contributed by atoms with van der Waals surface area (Å²) in [5, 5.41) is 9.21. The van der Waals surface area contributed by atoms with Gasteiger partial charge in [0.15, 0.2) is 0 Å². The van der Waals surface area contributed by atoms with Crippen LogP contribution in [0.1, 0.15) is 117 Å². The first kappa shape index (κ1) is 24.9. The number of aliphatic hydroxyl groups excluding tert-OH is 1. The number of hydrogen-bond donors (Lipinski definition) is 2. The topological polar surface area (TPSA) is 74.6 Å². The van der Waals surface area contributed by atoms with Crippen LogP contribution in [0.2, 0.25) is 0 Å². The molecule has 25 heavy (non-hydrogen) atoms. The average Bonchev–Trinajstić information content (AvgIpc) is 2.55. The van der Waals surface area contributed by atoms with E-state index < -0.39 is 21.5 Å². The maximum atomic E-state index is 11.6. The number of rotatable bonds is 18. The third-order valence-corrected chi connectivity index (χ3v) is 6.32. The van der Waals surface area contributed by atoms with E-state index in [1.54, 1.807) is 0 Å². The van der Waals surface area contributed by atoms with Crippen LogP contribution in [0.3, 0.4) is 0 Å². The second kappa shape index (κ2) is 16.1. The monoisotopic (exact) mass is 378 g/mol. The van der Waals surface area contributed by atoms with Crippen molar-refractivity contribution in [1.82, 2.24) is 0 Å². The molecule has 0 aromatic carbocycles. The van der Waals surface area contributed by atoms with E-state index in [0.29, 0.717) is 12.8 Å². The fourth-order valence-electron chi connectivity index (χ4n) is 3.34. The summed E-state index contributed by atoms with van der Waals surface area (Å²) >= 11 is 0. The highest BCUT2D eigenvalue weighted by molar-refractivity contribution is 7.86. The summed E-state index contributed by atoms with van der Waals surface area (Å²) in [5.41, 5.74) is 0. The molecule has 4 nitrogen and oxygen atoms in total. The van der Waals surface area contributed by atoms with Crippen molar-refractivity contribution in [2.75, 3.05) is 0 Å². The van der Waals surface area contributed by atoms with Crippen molar-refractivity contribution >= 4 is 10.1 Å². The molecule has 0 saturated carbocycles. The summed E-state index contributed by atoms with van der Waals surface area (Å²) < 4.78 is 32.6. The van der Waals surface area contributed by atoms with Crippen molar-refractivity contribution in [2.24, 2.45) is 0 Å². The van der Waals surface area contributed by atoms with Gasteiger partial charge in [0, 0.05) is 0 Å². The van der Waals surface area contributed by atoms with Crippen molar-refractivity contribution in [1.29, 1.82) is 0 Å². The number of hydrogen-bond acceptors (Lipinski definition) is 3. The molecule has 0 aliphatic rings. The summed E-state index contributed by atoms with van der Waals surface area (Å²) in [4.78, 5) is 0. The molecule has 0 radical (unpaired) electrons. The molecule has 5 heteroatoms. The second-order valence-corrected chi connectivity index (χ2v) is 9.08. The van der Waals surface area contributed by atoms with Crippen LogP contribution in [0.5, 0.6) is 0 Å². The molecule has 0 aliphatic carbocycles. The normalized spacial score (nSPS) is 14.6. The van der Waals surface area contributed by atoms with Crippen LogP contribution in [-0.2, 0) is 10.1 Å². The Morgan fingerprint density at radius 1 is 0.640 bits per heavy atom. The molecule has 0 heterocycles. The largest absolute Gasteiger partial charge is 0.392 e. The Kier molecular flexibility index (Phi) is 16.0. The van der Waals surface area contributed by atoms with Gasteiger partial charge in [0.1, 0.15) is 5.25 Å². The Morgan fingerprint density at radius 3 is 1.40 bits per heavy atom. The first-order valence-corrected chi connectivity index (χ1v) is 12.1. The van der Waals surface area contributed by atoms with Crippen LogP contribution in [0.15, 0.2) is 0 Å². The van der Waals surface area contributed by atoms with E-state index in [2.05, 4.69) is 13.8 Å². The van der Waals surface area contributed by atoms with Crippen molar-refractivity contribution < 1.29 is 18.1 Å². The van der Waals surface area contributed by atoms with Gasteiger partial charge in [-0.15, -0.1) is 0 Å². The predicted octanol–water partition coefficient (Wildman–Crippen LogP) is 5.89. The molecular weight excluding hydrogens is 336 g/mol. The third kappa shape index (κ3) is 14.7. The Balaban J connectivity index is 3.96. The van der Waals surface area contributed by atoms with Gasteiger partial charge in [-0.05, 0) is 12.8 Å². The van der Waals surface area contributed by atoms with E-state index in [1.807, 2.05) is 0 Å². The fourth-order valence-corrected chi connectivity index (χ4v) is 4.34. The SMILES string of the molecule is CCCCCCCCCC(O)C(CCCCCCCCC)S(=O)(=O)O. The fraction of sp³-hybridized carbons (Fsp3) is 1.00. The molecule has 0 aromatic rings. The summed E-state index contributed by atoms with van der Waals surface area (Å²) in [6.45, 7) is 4.38. The lowest BCUT2D eigenvalue weighted by atomic mass is 10.0. The summed E-state index contributed by atoms with van der Waals surface area (Å²) in [6, 6.07) is 0. The van der Waals surface area contributed by atoms with Crippen LogP contribution in [-0.4, -0.2) is 29.4 Å². The quantitative estimate of drug-likeness (QED) is 0.230. The van der Waals surface area contributed by atoms with Gasteiger partial charge >= 0.3 is 0 Å². The highest BCUT2D eigenvalue weighted by Gasteiger charge is 2.29. The minimum Gasteiger partial charge on any atom is -0.392 e. The lowest BCUT2D eigenvalue weighted by molar-refractivity contribution is 0.146. The summed E-state index contributed by atoms with van der Waals surface area (Å²) in [6.07, 6.45) is 15.6. The van der Waals surface area contributed by atoms with E-state index in [9.17, 15) is 18.1 Å². The summed E-state index contributed by atoms with van der Waals surface area (Å²) in [7, 11) is -4.17. The van der Waals surface area contributed by atoms with Crippen LogP contribution < -0.4 is 0 Å². The lowest BCUT2D eigenvalue weighted by Crippen LogP contribution is -2.33. The molecule has 2 unspecified atom stereocenters. The molecule has 0 bridgehead atoms. The maximum absolute atomic E-state index is 11.6. The van der Waals surface area contributed by atoms with Crippen molar-refractivity contribution in [3.8, 4) is 0 Å². The molecule has 0 aromatic heterocycles. The van der Waals surface area contributed by atoms with Crippen LogP contribution in [0.4, 0.5) is 0 Å². The maximum Gasteiger partial charge on any atom is 0.270 e. The molecule has 0 saturated heterocycles. The Labute approximate surface area is 156 Å². The Hall–Kier alpha value is -0.130. The molecule has 2 N–H and O–H groups in total. The van der Waals surface area contributed by atoms with Crippen LogP contribution in [0.25, 0.3) is 0 Å². The highest BCUT2D eigenvalue weighted by Crippen LogP contribution is 2.20. The molecule has 0 amide bonds. The molecule has 0 aliphatic heterocycles. The van der Waals surface area contributed by atoms with E-state index in [0.717, 1.165) is 38.5 Å². The third-order valence-electron chi connectivity index (χ3n) is 5.01. The Bertz CT molecular complexity index is 381. The van der Waals surface area contributed by atoms with E-state index in [-0.39, 0.29) is 0 Å². The van der Waals surface area contributed by atoms with E-state index >= 15 is 0 Å². The molecule has 2 atom stereocenters. The zero-order valence-corrected chi connectivity index (χ0v) is 17.4. The zero-order valence-electron chi connectivity index (χ0n) is 16.6. The molecule has 0 spiro atoms.